The van der Waals surface area contributed by atoms with Gasteiger partial charge in [-0.15, -0.1) is 0 Å². The maximum Gasteiger partial charge on any atom is 0.255 e. The minimum atomic E-state index is -0.222. The van der Waals surface area contributed by atoms with E-state index in [0.29, 0.717) is 22.8 Å². The van der Waals surface area contributed by atoms with E-state index in [-0.39, 0.29) is 23.7 Å². The molecule has 0 unspecified atom stereocenters. The predicted molar refractivity (Wildman–Crippen MR) is 140 cm³/mol. The van der Waals surface area contributed by atoms with E-state index in [1.807, 2.05) is 74.5 Å². The van der Waals surface area contributed by atoms with Crippen molar-refractivity contribution in [3.63, 3.8) is 0 Å². The van der Waals surface area contributed by atoms with Crippen LogP contribution in [0.2, 0.25) is 0 Å². The predicted octanol–water partition coefficient (Wildman–Crippen LogP) is 6.62. The Balaban J connectivity index is 1.55. The zero-order valence-electron chi connectivity index (χ0n) is 20.3. The number of carbonyl (C=O) groups excluding carboxylic acids is 2. The Bertz CT molecular complexity index is 1370. The van der Waals surface area contributed by atoms with Crippen LogP contribution < -0.4 is 10.1 Å². The molecule has 35 heavy (non-hydrogen) atoms. The molecule has 178 valence electrons. The van der Waals surface area contributed by atoms with Crippen LogP contribution in [0.3, 0.4) is 0 Å². The summed E-state index contributed by atoms with van der Waals surface area (Å²) in [7, 11) is 0. The van der Waals surface area contributed by atoms with Crippen molar-refractivity contribution in [2.75, 3.05) is 5.32 Å². The van der Waals surface area contributed by atoms with Crippen molar-refractivity contribution in [1.29, 1.82) is 0 Å². The molecule has 4 rings (SSSR count). The first-order chi connectivity index (χ1) is 16.8. The molecule has 6 nitrogen and oxygen atoms in total. The second-order valence-corrected chi connectivity index (χ2v) is 8.92. The molecule has 0 spiro atoms. The molecule has 0 saturated carbocycles. The molecule has 1 amide bonds. The molecule has 4 aromatic rings. The van der Waals surface area contributed by atoms with Gasteiger partial charge in [0.2, 0.25) is 5.78 Å². The van der Waals surface area contributed by atoms with Crippen LogP contribution in [0, 0.1) is 0 Å². The molecule has 3 aromatic carbocycles. The number of ether oxygens (including phenoxy) is 1. The Morgan fingerprint density at radius 1 is 0.971 bits per heavy atom. The maximum absolute atomic E-state index is 13.0. The van der Waals surface area contributed by atoms with Crippen LogP contribution in [-0.2, 0) is 0 Å². The highest BCUT2D eigenvalue weighted by Gasteiger charge is 2.15. The van der Waals surface area contributed by atoms with Gasteiger partial charge in [-0.25, -0.2) is 4.98 Å². The summed E-state index contributed by atoms with van der Waals surface area (Å²) < 4.78 is 5.81. The first-order valence-electron chi connectivity index (χ1n) is 11.7. The van der Waals surface area contributed by atoms with Crippen LogP contribution in [0.5, 0.6) is 5.75 Å². The Hall–Kier alpha value is -4.19. The van der Waals surface area contributed by atoms with E-state index in [9.17, 15) is 9.59 Å². The molecule has 1 heterocycles. The van der Waals surface area contributed by atoms with E-state index in [4.69, 9.17) is 4.74 Å². The van der Waals surface area contributed by atoms with Crippen LogP contribution in [0.25, 0.3) is 17.1 Å². The number of anilines is 1. The van der Waals surface area contributed by atoms with Gasteiger partial charge in [-0.3, -0.25) is 9.59 Å². The van der Waals surface area contributed by atoms with Gasteiger partial charge in [0.05, 0.1) is 22.8 Å². The molecule has 0 aliphatic carbocycles. The molecule has 0 atom stereocenters. The lowest BCUT2D eigenvalue weighted by Gasteiger charge is -2.16. The topological polar surface area (TPSA) is 84.1 Å². The highest BCUT2D eigenvalue weighted by Crippen LogP contribution is 2.27. The number of para-hydroxylation sites is 4. The lowest BCUT2D eigenvalue weighted by atomic mass is 9.94. The zero-order valence-corrected chi connectivity index (χ0v) is 20.3. The Morgan fingerprint density at radius 3 is 2.46 bits per heavy atom. The van der Waals surface area contributed by atoms with Gasteiger partial charge < -0.3 is 15.0 Å². The normalized spacial score (nSPS) is 11.5. The number of nitrogens with zero attached hydrogens (tertiary/aromatic N) is 1. The summed E-state index contributed by atoms with van der Waals surface area (Å²) >= 11 is 0. The number of benzene rings is 3. The van der Waals surface area contributed by atoms with Crippen molar-refractivity contribution >= 4 is 34.5 Å². The summed E-state index contributed by atoms with van der Waals surface area (Å²) in [6, 6.07) is 20.4. The maximum atomic E-state index is 13.0. The fourth-order valence-corrected chi connectivity index (χ4v) is 3.80. The van der Waals surface area contributed by atoms with Gasteiger partial charge >= 0.3 is 0 Å². The van der Waals surface area contributed by atoms with Crippen molar-refractivity contribution in [1.82, 2.24) is 9.97 Å². The van der Waals surface area contributed by atoms with E-state index in [2.05, 4.69) is 29.1 Å². The third-order valence-electron chi connectivity index (χ3n) is 5.51. The highest BCUT2D eigenvalue weighted by atomic mass is 16.5. The van der Waals surface area contributed by atoms with E-state index in [1.165, 1.54) is 6.08 Å². The van der Waals surface area contributed by atoms with E-state index in [0.717, 1.165) is 22.2 Å². The monoisotopic (exact) mass is 467 g/mol. The van der Waals surface area contributed by atoms with Crippen molar-refractivity contribution < 1.29 is 14.3 Å². The van der Waals surface area contributed by atoms with Gasteiger partial charge in [0.1, 0.15) is 5.75 Å². The average molecular weight is 468 g/mol. The number of rotatable bonds is 8. The molecule has 0 saturated heterocycles. The number of carbonyl (C=O) groups is 2. The van der Waals surface area contributed by atoms with Crippen molar-refractivity contribution in [3.8, 4) is 5.75 Å². The second-order valence-electron chi connectivity index (χ2n) is 8.92. The van der Waals surface area contributed by atoms with Gasteiger partial charge in [-0.1, -0.05) is 50.3 Å². The zero-order chi connectivity index (χ0) is 24.9. The van der Waals surface area contributed by atoms with Gasteiger partial charge in [-0.05, 0) is 73.4 Å². The number of ketones is 1. The number of hydrogen-bond acceptors (Lipinski definition) is 4. The molecular formula is C29H29N3O3. The van der Waals surface area contributed by atoms with Crippen molar-refractivity contribution in [3.05, 3.63) is 95.3 Å². The summed E-state index contributed by atoms with van der Waals surface area (Å²) in [4.78, 5) is 33.1. The van der Waals surface area contributed by atoms with Gasteiger partial charge in [0.25, 0.3) is 5.91 Å². The van der Waals surface area contributed by atoms with Gasteiger partial charge in [-0.2, -0.15) is 0 Å². The van der Waals surface area contributed by atoms with Crippen molar-refractivity contribution in [2.24, 2.45) is 0 Å². The number of hydrogen-bond donors (Lipinski definition) is 2. The van der Waals surface area contributed by atoms with Gasteiger partial charge in [0, 0.05) is 5.56 Å². The summed E-state index contributed by atoms with van der Waals surface area (Å²) in [5.41, 5.74) is 4.58. The van der Waals surface area contributed by atoms with E-state index < -0.39 is 0 Å². The average Bonchev–Trinajstić information content (AvgIpc) is 3.28. The number of allylic oxidation sites excluding steroid dienone is 1. The number of amides is 1. The van der Waals surface area contributed by atoms with Crippen LogP contribution in [-0.4, -0.2) is 27.8 Å². The lowest BCUT2D eigenvalue weighted by molar-refractivity contribution is 0.102. The molecule has 2 N–H and O–H groups in total. The molecular weight excluding hydrogens is 438 g/mol. The molecule has 0 fully saturated rings. The number of nitrogens with one attached hydrogen (secondary N) is 2. The Morgan fingerprint density at radius 2 is 1.71 bits per heavy atom. The summed E-state index contributed by atoms with van der Waals surface area (Å²) in [5, 5.41) is 2.95. The molecule has 0 radical (unpaired) electrons. The quantitative estimate of drug-likeness (QED) is 0.225. The summed E-state index contributed by atoms with van der Waals surface area (Å²) in [5.74, 6) is 0.649. The summed E-state index contributed by atoms with van der Waals surface area (Å²) in [6.07, 6.45) is 3.28. The highest BCUT2D eigenvalue weighted by molar-refractivity contribution is 6.07. The number of fused-ring (bicyclic) bond motifs is 1. The minimum absolute atomic E-state index is 0.00561. The van der Waals surface area contributed by atoms with Crippen LogP contribution in [0.4, 0.5) is 5.69 Å². The molecule has 6 heteroatoms. The van der Waals surface area contributed by atoms with Gasteiger partial charge in [0.15, 0.2) is 5.82 Å². The summed E-state index contributed by atoms with van der Waals surface area (Å²) in [6.45, 7) is 8.00. The number of aromatic amines is 1. The third-order valence-corrected chi connectivity index (χ3v) is 5.51. The Kier molecular flexibility index (Phi) is 7.11. The van der Waals surface area contributed by atoms with Crippen molar-refractivity contribution in [2.45, 2.75) is 39.7 Å². The van der Waals surface area contributed by atoms with E-state index in [1.54, 1.807) is 12.1 Å². The van der Waals surface area contributed by atoms with Crippen LogP contribution in [0.15, 0.2) is 72.8 Å². The second kappa shape index (κ2) is 10.4. The first kappa shape index (κ1) is 24.0. The fourth-order valence-electron chi connectivity index (χ4n) is 3.80. The molecule has 0 aliphatic heterocycles. The lowest BCUT2D eigenvalue weighted by Crippen LogP contribution is -2.15. The van der Waals surface area contributed by atoms with Crippen LogP contribution in [0.1, 0.15) is 65.7 Å². The third kappa shape index (κ3) is 5.66. The molecule has 1 aromatic heterocycles. The first-order valence-corrected chi connectivity index (χ1v) is 11.7. The largest absolute Gasteiger partial charge is 0.489 e. The molecule has 0 aliphatic rings. The number of aromatic nitrogens is 2. The minimum Gasteiger partial charge on any atom is -0.489 e. The smallest absolute Gasteiger partial charge is 0.255 e. The standard InChI is InChI=1S/C29H29N3O3/c1-18(2)22-17-21(29(34)32-25-11-7-8-12-27(25)35-19(3)4)14-13-20(22)15-16-26(33)28-30-23-9-5-6-10-24(23)31-28/h5-19H,1-4H3,(H,30,31)(H,32,34). The molecule has 0 bridgehead atoms. The number of imidazole rings is 1. The van der Waals surface area contributed by atoms with Crippen LogP contribution >= 0.6 is 0 Å². The fraction of sp³-hybridized carbons (Fsp3) is 0.207. The Labute approximate surface area is 205 Å². The van der Waals surface area contributed by atoms with E-state index >= 15 is 0 Å². The SMILES string of the molecule is CC(C)Oc1ccccc1NC(=O)c1ccc(C=CC(=O)c2nc3ccccc3[nH]2)c(C(C)C)c1. The number of H-pyrrole nitrogens is 1.